The van der Waals surface area contributed by atoms with Crippen LogP contribution in [-0.2, 0) is 9.53 Å². The lowest BCUT2D eigenvalue weighted by Gasteiger charge is -2.15. The molecule has 0 aliphatic rings. The Balaban J connectivity index is 2.86. The third-order valence-electron chi connectivity index (χ3n) is 2.39. The number of hydrogen-bond acceptors (Lipinski definition) is 4. The first-order chi connectivity index (χ1) is 8.45. The Bertz CT molecular complexity index is 412. The van der Waals surface area contributed by atoms with E-state index in [-0.39, 0.29) is 12.7 Å². The molecular formula is C14H20O4. The summed E-state index contributed by atoms with van der Waals surface area (Å²) in [6.07, 6.45) is -1.15. The number of aryl methyl sites for hydroxylation is 1. The lowest BCUT2D eigenvalue weighted by Crippen LogP contribution is -2.15. The van der Waals surface area contributed by atoms with Crippen LogP contribution in [0.15, 0.2) is 18.2 Å². The maximum Gasteiger partial charge on any atom is 0.339 e. The van der Waals surface area contributed by atoms with Crippen LogP contribution in [-0.4, -0.2) is 23.8 Å². The van der Waals surface area contributed by atoms with Crippen molar-refractivity contribution in [2.75, 3.05) is 6.61 Å². The lowest BCUT2D eigenvalue weighted by atomic mass is 10.1. The van der Waals surface area contributed by atoms with Crippen LogP contribution in [0.3, 0.4) is 0 Å². The smallest absolute Gasteiger partial charge is 0.339 e. The van der Waals surface area contributed by atoms with E-state index >= 15 is 0 Å². The molecule has 1 atom stereocenters. The standard InChI is InChI=1S/C14H20O4/c1-5-17-14(16)13(15)11-6-7-12(10(4)8-11)18-9(2)3/h6-9,13,15H,5H2,1-4H3. The number of ether oxygens (including phenoxy) is 2. The van der Waals surface area contributed by atoms with E-state index < -0.39 is 12.1 Å². The number of aliphatic hydroxyl groups excluding tert-OH is 1. The van der Waals surface area contributed by atoms with Crippen molar-refractivity contribution in [3.63, 3.8) is 0 Å². The van der Waals surface area contributed by atoms with Gasteiger partial charge in [-0.15, -0.1) is 0 Å². The van der Waals surface area contributed by atoms with Crippen LogP contribution in [0.2, 0.25) is 0 Å². The zero-order chi connectivity index (χ0) is 13.7. The molecule has 4 heteroatoms. The van der Waals surface area contributed by atoms with Crippen LogP contribution in [0.4, 0.5) is 0 Å². The molecule has 0 aliphatic heterocycles. The molecule has 0 fully saturated rings. The number of esters is 1. The number of carbonyl (C=O) groups excluding carboxylic acids is 1. The summed E-state index contributed by atoms with van der Waals surface area (Å²) in [7, 11) is 0. The molecule has 0 saturated carbocycles. The Morgan fingerprint density at radius 2 is 2.06 bits per heavy atom. The maximum atomic E-state index is 11.4. The van der Waals surface area contributed by atoms with Crippen molar-refractivity contribution in [1.82, 2.24) is 0 Å². The third-order valence-corrected chi connectivity index (χ3v) is 2.39. The summed E-state index contributed by atoms with van der Waals surface area (Å²) in [5, 5.41) is 9.80. The molecule has 0 heterocycles. The largest absolute Gasteiger partial charge is 0.491 e. The molecule has 4 nitrogen and oxygen atoms in total. The predicted octanol–water partition coefficient (Wildman–Crippen LogP) is 2.38. The minimum absolute atomic E-state index is 0.0875. The molecule has 1 aromatic carbocycles. The van der Waals surface area contributed by atoms with E-state index in [1.165, 1.54) is 0 Å². The Hall–Kier alpha value is -1.55. The highest BCUT2D eigenvalue weighted by molar-refractivity contribution is 5.76. The van der Waals surface area contributed by atoms with E-state index in [0.29, 0.717) is 5.56 Å². The van der Waals surface area contributed by atoms with Gasteiger partial charge in [0.05, 0.1) is 12.7 Å². The summed E-state index contributed by atoms with van der Waals surface area (Å²) < 4.78 is 10.4. The minimum Gasteiger partial charge on any atom is -0.491 e. The summed E-state index contributed by atoms with van der Waals surface area (Å²) in [4.78, 5) is 11.4. The van der Waals surface area contributed by atoms with Gasteiger partial charge in [0.25, 0.3) is 0 Å². The summed E-state index contributed by atoms with van der Waals surface area (Å²) >= 11 is 0. The molecule has 1 unspecified atom stereocenters. The van der Waals surface area contributed by atoms with E-state index in [0.717, 1.165) is 11.3 Å². The Morgan fingerprint density at radius 3 is 2.56 bits per heavy atom. The van der Waals surface area contributed by atoms with Crippen LogP contribution in [0.5, 0.6) is 5.75 Å². The van der Waals surface area contributed by atoms with Gasteiger partial charge in [-0.1, -0.05) is 6.07 Å². The average Bonchev–Trinajstić information content (AvgIpc) is 2.30. The SMILES string of the molecule is CCOC(=O)C(O)c1ccc(OC(C)C)c(C)c1. The number of rotatable bonds is 5. The first kappa shape index (κ1) is 14.5. The second-order valence-corrected chi connectivity index (χ2v) is 4.35. The maximum absolute atomic E-state index is 11.4. The summed E-state index contributed by atoms with van der Waals surface area (Å²) in [5.74, 6) is 0.124. The van der Waals surface area contributed by atoms with Gasteiger partial charge in [-0.25, -0.2) is 4.79 Å². The zero-order valence-electron chi connectivity index (χ0n) is 11.3. The van der Waals surface area contributed by atoms with Crippen LogP contribution < -0.4 is 4.74 Å². The second-order valence-electron chi connectivity index (χ2n) is 4.35. The first-order valence-corrected chi connectivity index (χ1v) is 6.07. The molecule has 0 amide bonds. The third kappa shape index (κ3) is 3.74. The minimum atomic E-state index is -1.24. The molecule has 0 aliphatic carbocycles. The van der Waals surface area contributed by atoms with Gasteiger partial charge in [-0.3, -0.25) is 0 Å². The van der Waals surface area contributed by atoms with Crippen molar-refractivity contribution in [1.29, 1.82) is 0 Å². The number of carbonyl (C=O) groups is 1. The monoisotopic (exact) mass is 252 g/mol. The molecule has 1 rings (SSSR count). The molecule has 100 valence electrons. The van der Waals surface area contributed by atoms with E-state index in [1.807, 2.05) is 20.8 Å². The molecule has 0 radical (unpaired) electrons. The lowest BCUT2D eigenvalue weighted by molar-refractivity contribution is -0.153. The van der Waals surface area contributed by atoms with Crippen LogP contribution in [0.25, 0.3) is 0 Å². The van der Waals surface area contributed by atoms with Gasteiger partial charge in [-0.05, 0) is 51.0 Å². The van der Waals surface area contributed by atoms with Gasteiger partial charge >= 0.3 is 5.97 Å². The van der Waals surface area contributed by atoms with Crippen LogP contribution in [0.1, 0.15) is 38.0 Å². The molecule has 0 aromatic heterocycles. The van der Waals surface area contributed by atoms with Crippen LogP contribution in [0, 0.1) is 6.92 Å². The topological polar surface area (TPSA) is 55.8 Å². The highest BCUT2D eigenvalue weighted by Crippen LogP contribution is 2.24. The van der Waals surface area contributed by atoms with Gasteiger partial charge in [0, 0.05) is 0 Å². The Morgan fingerprint density at radius 1 is 1.39 bits per heavy atom. The summed E-state index contributed by atoms with van der Waals surface area (Å²) in [6.45, 7) is 7.72. The summed E-state index contributed by atoms with van der Waals surface area (Å²) in [5.41, 5.74) is 1.40. The van der Waals surface area contributed by atoms with Crippen molar-refractivity contribution < 1.29 is 19.4 Å². The van der Waals surface area contributed by atoms with Crippen molar-refractivity contribution >= 4 is 5.97 Å². The van der Waals surface area contributed by atoms with Crippen molar-refractivity contribution in [2.24, 2.45) is 0 Å². The Kier molecular flexibility index (Phi) is 5.16. The van der Waals surface area contributed by atoms with Crippen molar-refractivity contribution in [2.45, 2.75) is 39.9 Å². The zero-order valence-corrected chi connectivity index (χ0v) is 11.3. The molecule has 0 bridgehead atoms. The van der Waals surface area contributed by atoms with Gasteiger partial charge in [0.1, 0.15) is 5.75 Å². The fraction of sp³-hybridized carbons (Fsp3) is 0.500. The van der Waals surface area contributed by atoms with Gasteiger partial charge in [0.15, 0.2) is 6.10 Å². The molecular weight excluding hydrogens is 232 g/mol. The molecule has 0 saturated heterocycles. The highest BCUT2D eigenvalue weighted by Gasteiger charge is 2.19. The van der Waals surface area contributed by atoms with E-state index in [9.17, 15) is 9.90 Å². The highest BCUT2D eigenvalue weighted by atomic mass is 16.5. The fourth-order valence-corrected chi connectivity index (χ4v) is 1.59. The van der Waals surface area contributed by atoms with Crippen molar-refractivity contribution in [3.8, 4) is 5.75 Å². The Labute approximate surface area is 108 Å². The van der Waals surface area contributed by atoms with E-state index in [4.69, 9.17) is 9.47 Å². The van der Waals surface area contributed by atoms with E-state index in [1.54, 1.807) is 25.1 Å². The molecule has 18 heavy (non-hydrogen) atoms. The van der Waals surface area contributed by atoms with E-state index in [2.05, 4.69) is 0 Å². The van der Waals surface area contributed by atoms with Gasteiger partial charge < -0.3 is 14.6 Å². The molecule has 0 spiro atoms. The number of hydrogen-bond donors (Lipinski definition) is 1. The normalized spacial score (nSPS) is 12.3. The fourth-order valence-electron chi connectivity index (χ4n) is 1.59. The molecule has 1 N–H and O–H groups in total. The summed E-state index contributed by atoms with van der Waals surface area (Å²) in [6, 6.07) is 5.17. The van der Waals surface area contributed by atoms with Crippen LogP contribution >= 0.6 is 0 Å². The number of aliphatic hydroxyl groups is 1. The quantitative estimate of drug-likeness (QED) is 0.817. The van der Waals surface area contributed by atoms with Crippen molar-refractivity contribution in [3.05, 3.63) is 29.3 Å². The predicted molar refractivity (Wildman–Crippen MR) is 68.5 cm³/mol. The average molecular weight is 252 g/mol. The molecule has 1 aromatic rings. The van der Waals surface area contributed by atoms with Gasteiger partial charge in [-0.2, -0.15) is 0 Å². The van der Waals surface area contributed by atoms with Gasteiger partial charge in [0.2, 0.25) is 0 Å². The second kappa shape index (κ2) is 6.40. The first-order valence-electron chi connectivity index (χ1n) is 6.07. The number of benzene rings is 1.